The van der Waals surface area contributed by atoms with Gasteiger partial charge in [0.2, 0.25) is 0 Å². The fourth-order valence-corrected chi connectivity index (χ4v) is 4.15. The molecule has 0 spiro atoms. The summed E-state index contributed by atoms with van der Waals surface area (Å²) in [5, 5.41) is 12.4. The molecule has 0 fully saturated rings. The van der Waals surface area contributed by atoms with Gasteiger partial charge in [0.25, 0.3) is 11.8 Å². The van der Waals surface area contributed by atoms with Crippen LogP contribution in [0.15, 0.2) is 76.8 Å². The first-order chi connectivity index (χ1) is 18.4. The summed E-state index contributed by atoms with van der Waals surface area (Å²) < 4.78 is 0. The summed E-state index contributed by atoms with van der Waals surface area (Å²) in [5.74, 6) is 2.15. The van der Waals surface area contributed by atoms with Gasteiger partial charge in [-0.2, -0.15) is 0 Å². The zero-order chi connectivity index (χ0) is 26.5. The van der Waals surface area contributed by atoms with Crippen LogP contribution in [-0.2, 0) is 0 Å². The molecule has 2 unspecified atom stereocenters. The molecule has 2 aliphatic rings. The lowest BCUT2D eigenvalue weighted by molar-refractivity contribution is 0.101. The minimum absolute atomic E-state index is 0.220. The largest absolute Gasteiger partial charge is 0.370 e. The van der Waals surface area contributed by atoms with Gasteiger partial charge in [-0.15, -0.1) is 0 Å². The molecule has 0 radical (unpaired) electrons. The molecule has 9 nitrogen and oxygen atoms in total. The SMILES string of the molecule is CC1CN=C(c2ccc(NC(=O)c3ccc(C(=O)Nc4ccc(C5=NCC(C)CN5)cc4)nc3)cc2)NC1. The number of amidine groups is 2. The summed E-state index contributed by atoms with van der Waals surface area (Å²) >= 11 is 0. The summed E-state index contributed by atoms with van der Waals surface area (Å²) in [7, 11) is 0. The highest BCUT2D eigenvalue weighted by atomic mass is 16.2. The van der Waals surface area contributed by atoms with Crippen LogP contribution >= 0.6 is 0 Å². The van der Waals surface area contributed by atoms with Gasteiger partial charge >= 0.3 is 0 Å². The Kier molecular flexibility index (Phi) is 7.44. The standard InChI is InChI=1S/C29H31N7O2/c1-18-13-31-26(32-14-18)20-3-8-23(9-4-20)35-28(37)22-7-12-25(30-17-22)29(38)36-24-10-5-21(6-11-24)27-33-15-19(2)16-34-27/h3-12,17-19H,13-16H2,1-2H3,(H,31,32)(H,33,34)(H,35,37)(H,36,38). The van der Waals surface area contributed by atoms with Crippen molar-refractivity contribution >= 4 is 34.9 Å². The van der Waals surface area contributed by atoms with Crippen molar-refractivity contribution in [2.75, 3.05) is 36.8 Å². The lowest BCUT2D eigenvalue weighted by atomic mass is 10.1. The molecule has 2 atom stereocenters. The maximum Gasteiger partial charge on any atom is 0.274 e. The molecule has 38 heavy (non-hydrogen) atoms. The number of aliphatic imine (C=N–C) groups is 2. The Balaban J connectivity index is 1.16. The average molecular weight is 510 g/mol. The third-order valence-corrected chi connectivity index (χ3v) is 6.45. The van der Waals surface area contributed by atoms with E-state index >= 15 is 0 Å². The monoisotopic (exact) mass is 509 g/mol. The van der Waals surface area contributed by atoms with E-state index in [0.29, 0.717) is 28.8 Å². The molecule has 0 saturated carbocycles. The molecule has 1 aromatic heterocycles. The molecule has 9 heteroatoms. The normalized spacial score (nSPS) is 18.8. The number of aromatic nitrogens is 1. The molecular weight excluding hydrogens is 478 g/mol. The van der Waals surface area contributed by atoms with E-state index in [-0.39, 0.29) is 17.5 Å². The molecule has 2 aromatic carbocycles. The predicted octanol–water partition coefficient (Wildman–Crippen LogP) is 3.56. The minimum Gasteiger partial charge on any atom is -0.370 e. The number of carbonyl (C=O) groups is 2. The van der Waals surface area contributed by atoms with Crippen LogP contribution in [0.4, 0.5) is 11.4 Å². The van der Waals surface area contributed by atoms with Crippen LogP contribution in [0.5, 0.6) is 0 Å². The molecule has 0 bridgehead atoms. The molecule has 0 saturated heterocycles. The lowest BCUT2D eigenvalue weighted by Crippen LogP contribution is -2.35. The van der Waals surface area contributed by atoms with E-state index < -0.39 is 0 Å². The Labute approximate surface area is 221 Å². The molecule has 2 amide bonds. The molecule has 194 valence electrons. The van der Waals surface area contributed by atoms with E-state index in [1.54, 1.807) is 6.07 Å². The smallest absolute Gasteiger partial charge is 0.274 e. The van der Waals surface area contributed by atoms with Gasteiger partial charge < -0.3 is 21.3 Å². The average Bonchev–Trinajstić information content (AvgIpc) is 2.95. The van der Waals surface area contributed by atoms with Gasteiger partial charge in [-0.05, 0) is 72.5 Å². The van der Waals surface area contributed by atoms with Crippen molar-refractivity contribution < 1.29 is 9.59 Å². The molecule has 2 aliphatic heterocycles. The van der Waals surface area contributed by atoms with Gasteiger partial charge in [-0.25, -0.2) is 0 Å². The van der Waals surface area contributed by atoms with Crippen molar-refractivity contribution in [3.8, 4) is 0 Å². The number of pyridine rings is 1. The minimum atomic E-state index is -0.351. The van der Waals surface area contributed by atoms with Crippen LogP contribution in [0, 0.1) is 11.8 Å². The molecule has 5 rings (SSSR count). The van der Waals surface area contributed by atoms with Crippen LogP contribution in [-0.4, -0.2) is 54.6 Å². The molecule has 4 N–H and O–H groups in total. The Morgan fingerprint density at radius 2 is 1.21 bits per heavy atom. The van der Waals surface area contributed by atoms with Crippen molar-refractivity contribution in [1.82, 2.24) is 15.6 Å². The number of carbonyl (C=O) groups excluding carboxylic acids is 2. The Bertz CT molecular complexity index is 1260. The number of amides is 2. The zero-order valence-electron chi connectivity index (χ0n) is 21.5. The van der Waals surface area contributed by atoms with Gasteiger partial charge in [-0.3, -0.25) is 24.6 Å². The number of hydrogen-bond donors (Lipinski definition) is 4. The molecule has 0 aliphatic carbocycles. The van der Waals surface area contributed by atoms with E-state index in [4.69, 9.17) is 0 Å². The highest BCUT2D eigenvalue weighted by Crippen LogP contribution is 2.15. The van der Waals surface area contributed by atoms with Crippen molar-refractivity contribution in [1.29, 1.82) is 0 Å². The number of anilines is 2. The molecule has 3 aromatic rings. The Morgan fingerprint density at radius 3 is 1.63 bits per heavy atom. The quantitative estimate of drug-likeness (QED) is 0.405. The number of rotatable bonds is 6. The van der Waals surface area contributed by atoms with Crippen molar-refractivity contribution in [2.45, 2.75) is 13.8 Å². The van der Waals surface area contributed by atoms with Crippen molar-refractivity contribution in [3.05, 3.63) is 89.2 Å². The van der Waals surface area contributed by atoms with Gasteiger partial charge in [0, 0.05) is 54.9 Å². The van der Waals surface area contributed by atoms with Crippen molar-refractivity contribution in [3.63, 3.8) is 0 Å². The molecular formula is C29H31N7O2. The van der Waals surface area contributed by atoms with Crippen LogP contribution in [0.2, 0.25) is 0 Å². The van der Waals surface area contributed by atoms with Crippen LogP contribution in [0.25, 0.3) is 0 Å². The third-order valence-electron chi connectivity index (χ3n) is 6.45. The second kappa shape index (κ2) is 11.2. The fourth-order valence-electron chi connectivity index (χ4n) is 4.15. The zero-order valence-corrected chi connectivity index (χ0v) is 21.5. The van der Waals surface area contributed by atoms with Gasteiger partial charge in [0.1, 0.15) is 17.4 Å². The number of nitrogens with zero attached hydrogens (tertiary/aromatic N) is 3. The number of benzene rings is 2. The van der Waals surface area contributed by atoms with Crippen molar-refractivity contribution in [2.24, 2.45) is 21.8 Å². The maximum atomic E-state index is 12.7. The van der Waals surface area contributed by atoms with E-state index in [0.717, 1.165) is 49.0 Å². The van der Waals surface area contributed by atoms with E-state index in [2.05, 4.69) is 50.1 Å². The predicted molar refractivity (Wildman–Crippen MR) is 150 cm³/mol. The highest BCUT2D eigenvalue weighted by Gasteiger charge is 2.15. The number of hydrogen-bond acceptors (Lipinski definition) is 7. The Hall–Kier alpha value is -4.53. The summed E-state index contributed by atoms with van der Waals surface area (Å²) in [6, 6.07) is 18.2. The van der Waals surface area contributed by atoms with Gasteiger partial charge in [0.05, 0.1) is 5.56 Å². The summed E-state index contributed by atoms with van der Waals surface area (Å²) in [6.07, 6.45) is 1.40. The van der Waals surface area contributed by atoms with E-state index in [9.17, 15) is 9.59 Å². The highest BCUT2D eigenvalue weighted by molar-refractivity contribution is 6.06. The second-order valence-corrected chi connectivity index (χ2v) is 9.85. The maximum absolute atomic E-state index is 12.7. The first kappa shape index (κ1) is 25.1. The third kappa shape index (κ3) is 6.05. The van der Waals surface area contributed by atoms with Crippen LogP contribution < -0.4 is 21.3 Å². The summed E-state index contributed by atoms with van der Waals surface area (Å²) in [6.45, 7) is 7.73. The van der Waals surface area contributed by atoms with E-state index in [1.807, 2.05) is 48.5 Å². The number of nitrogens with one attached hydrogen (secondary N) is 4. The fraction of sp³-hybridized carbons (Fsp3) is 0.276. The first-order valence-corrected chi connectivity index (χ1v) is 12.8. The van der Waals surface area contributed by atoms with Gasteiger partial charge in [-0.1, -0.05) is 13.8 Å². The lowest BCUT2D eigenvalue weighted by Gasteiger charge is -2.20. The molecule has 3 heterocycles. The van der Waals surface area contributed by atoms with Gasteiger partial charge in [0.15, 0.2) is 0 Å². The first-order valence-electron chi connectivity index (χ1n) is 12.8. The summed E-state index contributed by atoms with van der Waals surface area (Å²) in [5.41, 5.74) is 3.86. The Morgan fingerprint density at radius 1 is 0.711 bits per heavy atom. The van der Waals surface area contributed by atoms with Crippen LogP contribution in [0.3, 0.4) is 0 Å². The van der Waals surface area contributed by atoms with E-state index in [1.165, 1.54) is 12.3 Å². The summed E-state index contributed by atoms with van der Waals surface area (Å²) in [4.78, 5) is 38.7. The van der Waals surface area contributed by atoms with Crippen LogP contribution in [0.1, 0.15) is 45.8 Å². The topological polar surface area (TPSA) is 120 Å². The second-order valence-electron chi connectivity index (χ2n) is 9.85.